The standard InChI is InChI=1S/C23H26N2O4S2/c1-15-6-7-16(2)22-21(15)24-23(30-22)25(14-18-5-4-12-29-18)20(26)13-17-8-10-19(11-9-17)31(3,27)28/h6-11,18H,4-5,12-14H2,1-3H3. The number of aryl methyl sites for hydroxylation is 2. The molecule has 1 aliphatic rings. The van der Waals surface area contributed by atoms with Crippen LogP contribution in [0.15, 0.2) is 41.3 Å². The summed E-state index contributed by atoms with van der Waals surface area (Å²) in [5.41, 5.74) is 3.93. The normalized spacial score (nSPS) is 16.7. The number of sulfone groups is 1. The monoisotopic (exact) mass is 458 g/mol. The Morgan fingerprint density at radius 3 is 2.48 bits per heavy atom. The topological polar surface area (TPSA) is 76.6 Å². The Bertz CT molecular complexity index is 1170. The molecule has 1 aromatic heterocycles. The largest absolute Gasteiger partial charge is 0.376 e. The molecule has 1 amide bonds. The number of fused-ring (bicyclic) bond motifs is 1. The predicted octanol–water partition coefficient (Wildman–Crippen LogP) is 4.07. The van der Waals surface area contributed by atoms with Gasteiger partial charge >= 0.3 is 0 Å². The third-order valence-electron chi connectivity index (χ3n) is 5.58. The van der Waals surface area contributed by atoms with E-state index >= 15 is 0 Å². The van der Waals surface area contributed by atoms with Crippen LogP contribution in [0.25, 0.3) is 10.2 Å². The molecular weight excluding hydrogens is 432 g/mol. The Morgan fingerprint density at radius 2 is 1.87 bits per heavy atom. The van der Waals surface area contributed by atoms with Gasteiger partial charge in [-0.15, -0.1) is 0 Å². The zero-order valence-electron chi connectivity index (χ0n) is 17.9. The van der Waals surface area contributed by atoms with Crippen molar-refractivity contribution in [1.29, 1.82) is 0 Å². The van der Waals surface area contributed by atoms with Gasteiger partial charge in [0.1, 0.15) is 0 Å². The zero-order chi connectivity index (χ0) is 22.2. The molecule has 0 N–H and O–H groups in total. The predicted molar refractivity (Wildman–Crippen MR) is 124 cm³/mol. The van der Waals surface area contributed by atoms with Crippen LogP contribution in [0.3, 0.4) is 0 Å². The summed E-state index contributed by atoms with van der Waals surface area (Å²) >= 11 is 1.53. The quantitative estimate of drug-likeness (QED) is 0.557. The van der Waals surface area contributed by atoms with Crippen molar-refractivity contribution in [3.8, 4) is 0 Å². The Balaban J connectivity index is 1.64. The highest BCUT2D eigenvalue weighted by molar-refractivity contribution is 7.90. The van der Waals surface area contributed by atoms with Gasteiger partial charge < -0.3 is 4.74 Å². The van der Waals surface area contributed by atoms with Crippen LogP contribution in [-0.2, 0) is 25.8 Å². The van der Waals surface area contributed by atoms with Gasteiger partial charge in [-0.1, -0.05) is 35.6 Å². The number of carbonyl (C=O) groups is 1. The lowest BCUT2D eigenvalue weighted by atomic mass is 10.1. The first-order valence-corrected chi connectivity index (χ1v) is 13.0. The molecule has 0 radical (unpaired) electrons. The first-order valence-electron chi connectivity index (χ1n) is 10.3. The molecule has 4 rings (SSSR count). The highest BCUT2D eigenvalue weighted by atomic mass is 32.2. The molecule has 0 saturated carbocycles. The van der Waals surface area contributed by atoms with Crippen LogP contribution in [0, 0.1) is 13.8 Å². The average molecular weight is 459 g/mol. The summed E-state index contributed by atoms with van der Waals surface area (Å²) in [7, 11) is -3.27. The van der Waals surface area contributed by atoms with E-state index < -0.39 is 9.84 Å². The minimum Gasteiger partial charge on any atom is -0.376 e. The van der Waals surface area contributed by atoms with E-state index in [-0.39, 0.29) is 23.3 Å². The van der Waals surface area contributed by atoms with Gasteiger partial charge in [0.05, 0.1) is 34.2 Å². The number of carbonyl (C=O) groups excluding carboxylic acids is 1. The first-order chi connectivity index (χ1) is 14.7. The molecule has 3 aromatic rings. The summed E-state index contributed by atoms with van der Waals surface area (Å²) in [5.74, 6) is -0.0723. The van der Waals surface area contributed by atoms with Crippen molar-refractivity contribution in [2.45, 2.75) is 44.1 Å². The molecule has 2 heterocycles. The van der Waals surface area contributed by atoms with Gasteiger partial charge in [0.2, 0.25) is 5.91 Å². The van der Waals surface area contributed by atoms with Crippen LogP contribution in [0.2, 0.25) is 0 Å². The molecule has 31 heavy (non-hydrogen) atoms. The molecule has 0 aliphatic carbocycles. The van der Waals surface area contributed by atoms with Gasteiger partial charge in [-0.05, 0) is 55.5 Å². The molecule has 0 spiro atoms. The number of ether oxygens (including phenoxy) is 1. The highest BCUT2D eigenvalue weighted by Gasteiger charge is 2.26. The van der Waals surface area contributed by atoms with Crippen molar-refractivity contribution in [1.82, 2.24) is 4.98 Å². The van der Waals surface area contributed by atoms with E-state index in [4.69, 9.17) is 9.72 Å². The summed E-state index contributed by atoms with van der Waals surface area (Å²) in [4.78, 5) is 20.1. The molecule has 1 unspecified atom stereocenters. The summed E-state index contributed by atoms with van der Waals surface area (Å²) in [6, 6.07) is 10.6. The molecule has 2 aromatic carbocycles. The number of anilines is 1. The van der Waals surface area contributed by atoms with Crippen LogP contribution in [0.1, 0.15) is 29.5 Å². The number of aromatic nitrogens is 1. The van der Waals surface area contributed by atoms with Gasteiger partial charge in [-0.25, -0.2) is 13.4 Å². The van der Waals surface area contributed by atoms with E-state index in [1.54, 1.807) is 29.2 Å². The van der Waals surface area contributed by atoms with Crippen LogP contribution in [0.5, 0.6) is 0 Å². The fourth-order valence-corrected chi connectivity index (χ4v) is 5.54. The maximum absolute atomic E-state index is 13.3. The molecule has 1 saturated heterocycles. The highest BCUT2D eigenvalue weighted by Crippen LogP contribution is 2.34. The SMILES string of the molecule is Cc1ccc(C)c2sc(N(CC3CCCO3)C(=O)Cc3ccc(S(C)(=O)=O)cc3)nc12. The lowest BCUT2D eigenvalue weighted by Gasteiger charge is -2.23. The van der Waals surface area contributed by atoms with Gasteiger partial charge in [0.15, 0.2) is 15.0 Å². The minimum absolute atomic E-state index is 0.00534. The average Bonchev–Trinajstić information content (AvgIpc) is 3.39. The third kappa shape index (κ3) is 4.81. The smallest absolute Gasteiger partial charge is 0.233 e. The summed E-state index contributed by atoms with van der Waals surface area (Å²) in [6.07, 6.45) is 3.27. The molecule has 6 nitrogen and oxygen atoms in total. The summed E-state index contributed by atoms with van der Waals surface area (Å²) < 4.78 is 30.3. The summed E-state index contributed by atoms with van der Waals surface area (Å²) in [6.45, 7) is 5.27. The van der Waals surface area contributed by atoms with Crippen molar-refractivity contribution >= 4 is 42.4 Å². The molecule has 1 aliphatic heterocycles. The lowest BCUT2D eigenvalue weighted by molar-refractivity contribution is -0.118. The van der Waals surface area contributed by atoms with Crippen LogP contribution in [0.4, 0.5) is 5.13 Å². The van der Waals surface area contributed by atoms with Gasteiger partial charge in [0, 0.05) is 12.9 Å². The first kappa shape index (κ1) is 21.9. The summed E-state index contributed by atoms with van der Waals surface area (Å²) in [5, 5.41) is 0.681. The zero-order valence-corrected chi connectivity index (χ0v) is 19.6. The second kappa shape index (κ2) is 8.68. The Morgan fingerprint density at radius 1 is 1.16 bits per heavy atom. The van der Waals surface area contributed by atoms with Crippen LogP contribution in [-0.4, -0.2) is 44.8 Å². The van der Waals surface area contributed by atoms with E-state index in [9.17, 15) is 13.2 Å². The molecular formula is C23H26N2O4S2. The molecule has 1 fully saturated rings. The lowest BCUT2D eigenvalue weighted by Crippen LogP contribution is -2.38. The second-order valence-electron chi connectivity index (χ2n) is 8.11. The van der Waals surface area contributed by atoms with E-state index in [0.717, 1.165) is 46.4 Å². The number of thiazole rings is 1. The maximum Gasteiger partial charge on any atom is 0.233 e. The van der Waals surface area contributed by atoms with E-state index in [1.807, 2.05) is 6.92 Å². The molecule has 0 bridgehead atoms. The number of benzene rings is 2. The van der Waals surface area contributed by atoms with Crippen molar-refractivity contribution < 1.29 is 17.9 Å². The van der Waals surface area contributed by atoms with Crippen molar-refractivity contribution in [2.24, 2.45) is 0 Å². The third-order valence-corrected chi connectivity index (χ3v) is 7.92. The number of hydrogen-bond acceptors (Lipinski definition) is 6. The molecule has 164 valence electrons. The van der Waals surface area contributed by atoms with Gasteiger partial charge in [-0.2, -0.15) is 0 Å². The number of rotatable bonds is 6. The number of hydrogen-bond donors (Lipinski definition) is 0. The maximum atomic E-state index is 13.3. The van der Waals surface area contributed by atoms with E-state index in [1.165, 1.54) is 17.6 Å². The van der Waals surface area contributed by atoms with Crippen LogP contribution < -0.4 is 4.90 Å². The van der Waals surface area contributed by atoms with Crippen LogP contribution >= 0.6 is 11.3 Å². The van der Waals surface area contributed by atoms with E-state index in [0.29, 0.717) is 11.7 Å². The number of amides is 1. The second-order valence-corrected chi connectivity index (χ2v) is 11.1. The van der Waals surface area contributed by atoms with Gasteiger partial charge in [0.25, 0.3) is 0 Å². The Hall–Kier alpha value is -2.29. The molecule has 8 heteroatoms. The Labute approximate surface area is 186 Å². The Kier molecular flexibility index (Phi) is 6.14. The molecule has 1 atom stereocenters. The minimum atomic E-state index is -3.27. The fraction of sp³-hybridized carbons (Fsp3) is 0.391. The van der Waals surface area contributed by atoms with Gasteiger partial charge in [-0.3, -0.25) is 9.69 Å². The fourth-order valence-electron chi connectivity index (χ4n) is 3.77. The van der Waals surface area contributed by atoms with Crippen molar-refractivity contribution in [2.75, 3.05) is 24.3 Å². The van der Waals surface area contributed by atoms with E-state index in [2.05, 4.69) is 19.1 Å². The van der Waals surface area contributed by atoms with Crippen molar-refractivity contribution in [3.63, 3.8) is 0 Å². The van der Waals surface area contributed by atoms with Crippen molar-refractivity contribution in [3.05, 3.63) is 53.1 Å². The number of nitrogens with zero attached hydrogens (tertiary/aromatic N) is 2.